The van der Waals surface area contributed by atoms with Crippen molar-refractivity contribution in [3.63, 3.8) is 0 Å². The van der Waals surface area contributed by atoms with Crippen molar-refractivity contribution in [3.8, 4) is 0 Å². The summed E-state index contributed by atoms with van der Waals surface area (Å²) in [6.07, 6.45) is 0. The largest absolute Gasteiger partial charge is 0.452 e. The highest BCUT2D eigenvalue weighted by Crippen LogP contribution is 2.11. The minimum Gasteiger partial charge on any atom is -0.452 e. The van der Waals surface area contributed by atoms with Gasteiger partial charge in [0.25, 0.3) is 11.8 Å². The first kappa shape index (κ1) is 17.1. The van der Waals surface area contributed by atoms with Crippen LogP contribution >= 0.6 is 0 Å². The molecule has 0 fully saturated rings. The number of hydrogen-bond acceptors (Lipinski definition) is 4. The molecule has 0 saturated heterocycles. The van der Waals surface area contributed by atoms with Gasteiger partial charge in [-0.2, -0.15) is 0 Å². The van der Waals surface area contributed by atoms with E-state index >= 15 is 0 Å². The van der Waals surface area contributed by atoms with Gasteiger partial charge in [-0.1, -0.05) is 12.1 Å². The molecule has 0 atom stereocenters. The molecule has 0 aliphatic heterocycles. The number of carbonyl (C=O) groups excluding carboxylic acids is 3. The average Bonchev–Trinajstić information content (AvgIpc) is 2.59. The van der Waals surface area contributed by atoms with E-state index in [4.69, 9.17) is 4.74 Å². The third-order valence-corrected chi connectivity index (χ3v) is 3.03. The van der Waals surface area contributed by atoms with Crippen LogP contribution in [0, 0.1) is 5.82 Å². The summed E-state index contributed by atoms with van der Waals surface area (Å²) in [5.74, 6) is -2.24. The molecule has 0 aliphatic rings. The molecule has 6 nitrogen and oxygen atoms in total. The fraction of sp³-hybridized carbons (Fsp3) is 0.118. The smallest absolute Gasteiger partial charge is 0.338 e. The van der Waals surface area contributed by atoms with E-state index in [1.54, 1.807) is 18.2 Å². The van der Waals surface area contributed by atoms with Gasteiger partial charge >= 0.3 is 5.97 Å². The van der Waals surface area contributed by atoms with Gasteiger partial charge in [-0.15, -0.1) is 0 Å². The molecule has 0 bridgehead atoms. The topological polar surface area (TPSA) is 84.5 Å². The standard InChI is InChI=1S/C17H15FN2O4/c1-19-16(22)11-4-3-7-14(9-11)20-15(21)10-24-17(23)12-5-2-6-13(18)8-12/h2-9H,10H2,1H3,(H,19,22)(H,20,21). The Bertz CT molecular complexity index is 777. The van der Waals surface area contributed by atoms with Crippen LogP contribution in [0.1, 0.15) is 20.7 Å². The Kier molecular flexibility index (Phi) is 5.62. The van der Waals surface area contributed by atoms with E-state index in [0.717, 1.165) is 6.07 Å². The molecular formula is C17H15FN2O4. The number of amides is 2. The summed E-state index contributed by atoms with van der Waals surface area (Å²) in [6.45, 7) is -0.528. The lowest BCUT2D eigenvalue weighted by molar-refractivity contribution is -0.119. The van der Waals surface area contributed by atoms with Gasteiger partial charge in [-0.3, -0.25) is 9.59 Å². The van der Waals surface area contributed by atoms with Crippen molar-refractivity contribution >= 4 is 23.5 Å². The van der Waals surface area contributed by atoms with E-state index < -0.39 is 24.3 Å². The molecule has 2 amide bonds. The van der Waals surface area contributed by atoms with Gasteiger partial charge in [0.15, 0.2) is 6.61 Å². The van der Waals surface area contributed by atoms with Crippen LogP contribution < -0.4 is 10.6 Å². The maximum Gasteiger partial charge on any atom is 0.338 e. The van der Waals surface area contributed by atoms with Crippen LogP contribution in [-0.4, -0.2) is 31.4 Å². The van der Waals surface area contributed by atoms with E-state index in [2.05, 4.69) is 10.6 Å². The molecular weight excluding hydrogens is 315 g/mol. The third kappa shape index (κ3) is 4.64. The first-order valence-corrected chi connectivity index (χ1v) is 7.04. The van der Waals surface area contributed by atoms with Gasteiger partial charge in [0.1, 0.15) is 5.82 Å². The SMILES string of the molecule is CNC(=O)c1cccc(NC(=O)COC(=O)c2cccc(F)c2)c1. The third-order valence-electron chi connectivity index (χ3n) is 3.03. The van der Waals surface area contributed by atoms with E-state index in [-0.39, 0.29) is 11.5 Å². The van der Waals surface area contributed by atoms with E-state index in [0.29, 0.717) is 11.3 Å². The molecule has 0 spiro atoms. The molecule has 0 heterocycles. The van der Waals surface area contributed by atoms with E-state index in [1.165, 1.54) is 31.3 Å². The quantitative estimate of drug-likeness (QED) is 0.821. The minimum absolute atomic E-state index is 0.0180. The minimum atomic E-state index is -0.802. The molecule has 0 aromatic heterocycles. The maximum atomic E-state index is 13.0. The van der Waals surface area contributed by atoms with Crippen molar-refractivity contribution < 1.29 is 23.5 Å². The predicted octanol–water partition coefficient (Wildman–Crippen LogP) is 1.98. The summed E-state index contributed by atoms with van der Waals surface area (Å²) in [4.78, 5) is 35.0. The van der Waals surface area contributed by atoms with Gasteiger partial charge in [0.05, 0.1) is 5.56 Å². The van der Waals surface area contributed by atoms with Gasteiger partial charge in [-0.05, 0) is 36.4 Å². The highest BCUT2D eigenvalue weighted by atomic mass is 19.1. The number of ether oxygens (including phenoxy) is 1. The molecule has 124 valence electrons. The maximum absolute atomic E-state index is 13.0. The van der Waals surface area contributed by atoms with Crippen molar-refractivity contribution in [1.29, 1.82) is 0 Å². The molecule has 0 radical (unpaired) electrons. The number of anilines is 1. The Morgan fingerprint density at radius 1 is 1.04 bits per heavy atom. The summed E-state index contributed by atoms with van der Waals surface area (Å²) in [5, 5.41) is 4.98. The lowest BCUT2D eigenvalue weighted by Gasteiger charge is -2.08. The number of carbonyl (C=O) groups is 3. The zero-order valence-electron chi connectivity index (χ0n) is 12.8. The Hall–Kier alpha value is -3.22. The molecule has 7 heteroatoms. The van der Waals surface area contributed by atoms with Crippen LogP contribution in [0.25, 0.3) is 0 Å². The van der Waals surface area contributed by atoms with Gasteiger partial charge < -0.3 is 15.4 Å². The fourth-order valence-electron chi connectivity index (χ4n) is 1.91. The Balaban J connectivity index is 1.92. The lowest BCUT2D eigenvalue weighted by Crippen LogP contribution is -2.22. The van der Waals surface area contributed by atoms with Crippen LogP contribution in [0.5, 0.6) is 0 Å². The number of halogens is 1. The molecule has 2 aromatic carbocycles. The molecule has 0 saturated carbocycles. The molecule has 2 N–H and O–H groups in total. The first-order valence-electron chi connectivity index (χ1n) is 7.04. The number of esters is 1. The Morgan fingerprint density at radius 2 is 1.75 bits per heavy atom. The number of rotatable bonds is 5. The normalized spacial score (nSPS) is 9.92. The van der Waals surface area contributed by atoms with Crippen molar-refractivity contribution in [2.24, 2.45) is 0 Å². The monoisotopic (exact) mass is 330 g/mol. The van der Waals surface area contributed by atoms with Crippen LogP contribution in [0.2, 0.25) is 0 Å². The number of benzene rings is 2. The van der Waals surface area contributed by atoms with Gasteiger partial charge in [0, 0.05) is 18.3 Å². The second-order valence-electron chi connectivity index (χ2n) is 4.79. The summed E-state index contributed by atoms with van der Waals surface area (Å²) in [5.41, 5.74) is 0.791. The molecule has 0 aliphatic carbocycles. The lowest BCUT2D eigenvalue weighted by atomic mass is 10.2. The zero-order chi connectivity index (χ0) is 17.5. The number of hydrogen-bond donors (Lipinski definition) is 2. The summed E-state index contributed by atoms with van der Waals surface area (Å²) in [7, 11) is 1.50. The second kappa shape index (κ2) is 7.87. The van der Waals surface area contributed by atoms with Crippen LogP contribution in [0.15, 0.2) is 48.5 Å². The zero-order valence-corrected chi connectivity index (χ0v) is 12.8. The number of nitrogens with one attached hydrogen (secondary N) is 2. The molecule has 24 heavy (non-hydrogen) atoms. The summed E-state index contributed by atoms with van der Waals surface area (Å²) >= 11 is 0. The Labute approximate surface area is 137 Å². The van der Waals surface area contributed by atoms with Crippen molar-refractivity contribution in [3.05, 3.63) is 65.5 Å². The molecule has 2 aromatic rings. The van der Waals surface area contributed by atoms with E-state index in [1.807, 2.05) is 0 Å². The molecule has 0 unspecified atom stereocenters. The highest BCUT2D eigenvalue weighted by Gasteiger charge is 2.11. The van der Waals surface area contributed by atoms with Crippen LogP contribution in [0.4, 0.5) is 10.1 Å². The van der Waals surface area contributed by atoms with Crippen LogP contribution in [-0.2, 0) is 9.53 Å². The van der Waals surface area contributed by atoms with E-state index in [9.17, 15) is 18.8 Å². The average molecular weight is 330 g/mol. The second-order valence-corrected chi connectivity index (χ2v) is 4.79. The summed E-state index contributed by atoms with van der Waals surface area (Å²) in [6, 6.07) is 11.3. The molecule has 2 rings (SSSR count). The van der Waals surface area contributed by atoms with Crippen molar-refractivity contribution in [1.82, 2.24) is 5.32 Å². The predicted molar refractivity (Wildman–Crippen MR) is 85.1 cm³/mol. The van der Waals surface area contributed by atoms with Crippen molar-refractivity contribution in [2.75, 3.05) is 19.0 Å². The summed E-state index contributed by atoms with van der Waals surface area (Å²) < 4.78 is 17.8. The van der Waals surface area contributed by atoms with Crippen molar-refractivity contribution in [2.45, 2.75) is 0 Å². The first-order chi connectivity index (χ1) is 11.5. The fourth-order valence-corrected chi connectivity index (χ4v) is 1.91. The highest BCUT2D eigenvalue weighted by molar-refractivity contribution is 5.98. The van der Waals surface area contributed by atoms with Gasteiger partial charge in [-0.25, -0.2) is 9.18 Å². The van der Waals surface area contributed by atoms with Crippen LogP contribution in [0.3, 0.4) is 0 Å². The van der Waals surface area contributed by atoms with Gasteiger partial charge in [0.2, 0.25) is 0 Å². The Morgan fingerprint density at radius 3 is 2.46 bits per heavy atom.